The van der Waals surface area contributed by atoms with Crippen molar-refractivity contribution in [2.24, 2.45) is 5.41 Å². The molecule has 0 bridgehead atoms. The first kappa shape index (κ1) is 39.4. The Hall–Kier alpha value is -5.83. The van der Waals surface area contributed by atoms with Crippen LogP contribution in [0.1, 0.15) is 71.1 Å². The molecule has 4 atom stereocenters. The number of rotatable bonds is 10. The molecule has 0 spiro atoms. The van der Waals surface area contributed by atoms with Gasteiger partial charge in [-0.15, -0.1) is 0 Å². The van der Waals surface area contributed by atoms with Gasteiger partial charge in [0.05, 0.1) is 43.0 Å². The predicted molar refractivity (Wildman–Crippen MR) is 209 cm³/mol. The van der Waals surface area contributed by atoms with Crippen LogP contribution in [0.25, 0.3) is 44.4 Å². The third-order valence-corrected chi connectivity index (χ3v) is 11.5. The van der Waals surface area contributed by atoms with Crippen LogP contribution < -0.4 is 5.32 Å². The molecule has 3 amide bonds. The number of amides is 3. The van der Waals surface area contributed by atoms with Gasteiger partial charge in [-0.25, -0.2) is 19.6 Å². The maximum atomic E-state index is 13.6. The Morgan fingerprint density at radius 3 is 2.19 bits per heavy atom. The second-order valence-electron chi connectivity index (χ2n) is 15.7. The summed E-state index contributed by atoms with van der Waals surface area (Å²) in [6, 6.07) is 18.7. The number of alkyl carbamates (subject to hydrolysis) is 1. The number of nitrogens with one attached hydrogen (secondary N) is 3. The van der Waals surface area contributed by atoms with Crippen LogP contribution in [0.3, 0.4) is 0 Å². The summed E-state index contributed by atoms with van der Waals surface area (Å²) in [6.45, 7) is 5.19. The molecule has 0 saturated carbocycles. The summed E-state index contributed by atoms with van der Waals surface area (Å²) < 4.78 is 35.3. The summed E-state index contributed by atoms with van der Waals surface area (Å²) in [5.74, 6) is 0.649. The summed E-state index contributed by atoms with van der Waals surface area (Å²) in [6.07, 6.45) is 3.06. The maximum Gasteiger partial charge on any atom is 0.408 e. The number of fused-ring (bicyclic) bond motifs is 1. The van der Waals surface area contributed by atoms with Gasteiger partial charge in [0.15, 0.2) is 0 Å². The molecule has 2 unspecified atom stereocenters. The zero-order valence-corrected chi connectivity index (χ0v) is 32.5. The van der Waals surface area contributed by atoms with Crippen molar-refractivity contribution in [1.82, 2.24) is 35.1 Å². The zero-order chi connectivity index (χ0) is 40.6. The number of nitrogens with zero attached hydrogens (tertiary/aromatic N) is 4. The molecule has 15 heteroatoms. The zero-order valence-electron chi connectivity index (χ0n) is 32.5. The van der Waals surface area contributed by atoms with Gasteiger partial charge in [-0.3, -0.25) is 9.69 Å². The highest BCUT2D eigenvalue weighted by Crippen LogP contribution is 2.50. The van der Waals surface area contributed by atoms with Crippen LogP contribution in [0.4, 0.5) is 18.4 Å². The standard InChI is InChI=1S/C42H47F2N7O6/c1-24(57-38(43)44)34(49-39(53)56-5)36(52)50-18-6-8-33(50)35-45-22-32(47-35)30-16-15-28-20-27(13-14-29(28)21-30)25-9-11-26(12-10-25)31-23-46-37(48-31)42(41(2,3)4)17-7-19-51(42)40(54)55/h9-16,20-24,33-34,38H,6-8,17-19H2,1-5H3,(H,45,47)(H,46,48)(H,49,53)(H,54,55)/t24-,33?,34+,42?/m1/s1. The quantitative estimate of drug-likeness (QED) is 0.110. The molecule has 2 aromatic heterocycles. The molecular weight excluding hydrogens is 737 g/mol. The first-order valence-electron chi connectivity index (χ1n) is 19.0. The molecule has 4 heterocycles. The van der Waals surface area contributed by atoms with Crippen LogP contribution in [-0.2, 0) is 19.8 Å². The van der Waals surface area contributed by atoms with E-state index in [-0.39, 0.29) is 5.41 Å². The van der Waals surface area contributed by atoms with Gasteiger partial charge >= 0.3 is 18.8 Å². The van der Waals surface area contributed by atoms with Gasteiger partial charge < -0.3 is 34.8 Å². The lowest BCUT2D eigenvalue weighted by atomic mass is 9.71. The number of benzene rings is 3. The Morgan fingerprint density at radius 2 is 1.53 bits per heavy atom. The molecule has 2 aliphatic rings. The van der Waals surface area contributed by atoms with Gasteiger partial charge in [-0.05, 0) is 77.6 Å². The number of methoxy groups -OCH3 is 1. The van der Waals surface area contributed by atoms with E-state index in [0.717, 1.165) is 57.9 Å². The lowest BCUT2D eigenvalue weighted by Gasteiger charge is -2.45. The van der Waals surface area contributed by atoms with Crippen LogP contribution in [0, 0.1) is 5.41 Å². The van der Waals surface area contributed by atoms with Crippen molar-refractivity contribution in [3.05, 3.63) is 84.7 Å². The first-order valence-corrected chi connectivity index (χ1v) is 19.0. The molecule has 4 N–H and O–H groups in total. The predicted octanol–water partition coefficient (Wildman–Crippen LogP) is 8.32. The van der Waals surface area contributed by atoms with E-state index >= 15 is 0 Å². The number of hydrogen-bond acceptors (Lipinski definition) is 7. The summed E-state index contributed by atoms with van der Waals surface area (Å²) in [5, 5.41) is 14.5. The first-order chi connectivity index (χ1) is 27.2. The summed E-state index contributed by atoms with van der Waals surface area (Å²) in [7, 11) is 1.13. The highest BCUT2D eigenvalue weighted by atomic mass is 19.3. The molecule has 5 aromatic rings. The van der Waals surface area contributed by atoms with Crippen LogP contribution in [0.2, 0.25) is 0 Å². The molecule has 7 rings (SSSR count). The number of carbonyl (C=O) groups is 3. The molecule has 57 heavy (non-hydrogen) atoms. The molecule has 0 aliphatic carbocycles. The van der Waals surface area contributed by atoms with Crippen molar-refractivity contribution in [2.75, 3.05) is 20.2 Å². The van der Waals surface area contributed by atoms with Crippen molar-refractivity contribution in [3.63, 3.8) is 0 Å². The summed E-state index contributed by atoms with van der Waals surface area (Å²) in [4.78, 5) is 57.1. The van der Waals surface area contributed by atoms with Crippen molar-refractivity contribution in [2.45, 2.75) is 83.7 Å². The molecular formula is C42H47F2N7O6. The van der Waals surface area contributed by atoms with Gasteiger partial charge in [0.2, 0.25) is 5.91 Å². The largest absolute Gasteiger partial charge is 0.465 e. The molecule has 13 nitrogen and oxygen atoms in total. The number of aromatic nitrogens is 4. The van der Waals surface area contributed by atoms with Crippen molar-refractivity contribution in [3.8, 4) is 33.6 Å². The number of ether oxygens (including phenoxy) is 2. The minimum atomic E-state index is -3.13. The van der Waals surface area contributed by atoms with Crippen molar-refractivity contribution in [1.29, 1.82) is 0 Å². The van der Waals surface area contributed by atoms with Gasteiger partial charge in [0.1, 0.15) is 23.2 Å². The van der Waals surface area contributed by atoms with E-state index in [1.54, 1.807) is 12.4 Å². The highest BCUT2D eigenvalue weighted by Gasteiger charge is 2.55. The van der Waals surface area contributed by atoms with Crippen LogP contribution in [0.5, 0.6) is 0 Å². The fraction of sp³-hybridized carbons (Fsp3) is 0.405. The van der Waals surface area contributed by atoms with E-state index in [9.17, 15) is 28.3 Å². The van der Waals surface area contributed by atoms with Gasteiger partial charge in [-0.1, -0.05) is 69.3 Å². The lowest BCUT2D eigenvalue weighted by Crippen LogP contribution is -2.54. The third-order valence-electron chi connectivity index (χ3n) is 11.5. The number of halogens is 2. The summed E-state index contributed by atoms with van der Waals surface area (Å²) >= 11 is 0. The monoisotopic (exact) mass is 783 g/mol. The molecule has 0 radical (unpaired) electrons. The molecule has 3 aromatic carbocycles. The second kappa shape index (κ2) is 15.6. The Balaban J connectivity index is 1.07. The average Bonchev–Trinajstić information content (AvgIpc) is 4.02. The van der Waals surface area contributed by atoms with Crippen LogP contribution in [-0.4, -0.2) is 91.9 Å². The summed E-state index contributed by atoms with van der Waals surface area (Å²) in [5.41, 5.74) is 4.40. The van der Waals surface area contributed by atoms with Crippen molar-refractivity contribution < 1.29 is 37.7 Å². The van der Waals surface area contributed by atoms with Crippen LogP contribution in [0.15, 0.2) is 73.1 Å². The highest BCUT2D eigenvalue weighted by molar-refractivity contribution is 5.91. The molecule has 2 fully saturated rings. The normalized spacial score (nSPS) is 19.6. The fourth-order valence-corrected chi connectivity index (χ4v) is 8.52. The smallest absolute Gasteiger partial charge is 0.408 e. The Morgan fingerprint density at radius 1 is 0.895 bits per heavy atom. The van der Waals surface area contributed by atoms with E-state index in [1.807, 2.05) is 24.3 Å². The van der Waals surface area contributed by atoms with E-state index in [4.69, 9.17) is 4.98 Å². The number of alkyl halides is 2. The average molecular weight is 784 g/mol. The minimum absolute atomic E-state index is 0.358. The van der Waals surface area contributed by atoms with E-state index in [1.165, 1.54) is 16.7 Å². The molecule has 300 valence electrons. The van der Waals surface area contributed by atoms with Gasteiger partial charge in [0, 0.05) is 18.7 Å². The van der Waals surface area contributed by atoms with E-state index in [0.29, 0.717) is 44.0 Å². The molecule has 2 aliphatic heterocycles. The number of carbonyl (C=O) groups excluding carboxylic acids is 2. The SMILES string of the molecule is COC(=O)N[C@H](C(=O)N1CCCC1c1ncc(-c2ccc3cc(-c4ccc(-c5cnc(C6(C(C)(C)C)CCCN6C(=O)O)[nH]5)cc4)ccc3c2)[nH]1)[C@@H](C)OC(F)F. The Bertz CT molecular complexity index is 2270. The number of imidazole rings is 2. The van der Waals surface area contributed by atoms with Gasteiger partial charge in [0.25, 0.3) is 0 Å². The van der Waals surface area contributed by atoms with Crippen LogP contribution >= 0.6 is 0 Å². The molecule has 2 saturated heterocycles. The second-order valence-corrected chi connectivity index (χ2v) is 15.7. The third kappa shape index (κ3) is 7.55. The number of carboxylic acid groups (broad SMARTS) is 1. The van der Waals surface area contributed by atoms with E-state index < -0.39 is 48.4 Å². The van der Waals surface area contributed by atoms with Gasteiger partial charge in [-0.2, -0.15) is 8.78 Å². The minimum Gasteiger partial charge on any atom is -0.465 e. The number of hydrogen-bond donors (Lipinski definition) is 4. The topological polar surface area (TPSA) is 166 Å². The number of likely N-dealkylation sites (tertiary alicyclic amines) is 2. The number of H-pyrrole nitrogens is 2. The lowest BCUT2D eigenvalue weighted by molar-refractivity contribution is -0.171. The number of aromatic amines is 2. The fourth-order valence-electron chi connectivity index (χ4n) is 8.52. The Kier molecular flexibility index (Phi) is 10.8. The van der Waals surface area contributed by atoms with Crippen molar-refractivity contribution >= 4 is 28.9 Å². The Labute approximate surface area is 328 Å². The maximum absolute atomic E-state index is 13.6. The van der Waals surface area contributed by atoms with E-state index in [2.05, 4.69) is 86.9 Å².